The predicted molar refractivity (Wildman–Crippen MR) is 71.5 cm³/mol. The topological polar surface area (TPSA) is 51.0 Å². The number of hydrogen-bond acceptors (Lipinski definition) is 5. The van der Waals surface area contributed by atoms with Gasteiger partial charge in [-0.15, -0.1) is 0 Å². The maximum absolute atomic E-state index is 5.36. The summed E-state index contributed by atoms with van der Waals surface area (Å²) in [5.41, 5.74) is 1.05. The van der Waals surface area contributed by atoms with E-state index in [1.807, 2.05) is 16.8 Å². The number of thiophene rings is 1. The molecule has 0 aliphatic carbocycles. The fourth-order valence-corrected chi connectivity index (χ4v) is 3.02. The van der Waals surface area contributed by atoms with Crippen LogP contribution < -0.4 is 5.32 Å². The lowest BCUT2D eigenvalue weighted by Crippen LogP contribution is -2.14. The average molecular weight is 263 g/mol. The van der Waals surface area contributed by atoms with Crippen LogP contribution in [0.2, 0.25) is 0 Å². The van der Waals surface area contributed by atoms with Crippen LogP contribution >= 0.6 is 11.3 Å². The van der Waals surface area contributed by atoms with Gasteiger partial charge in [-0.05, 0) is 49.7 Å². The van der Waals surface area contributed by atoms with E-state index in [0.717, 1.165) is 36.8 Å². The molecule has 2 aromatic rings. The van der Waals surface area contributed by atoms with Crippen molar-refractivity contribution in [2.45, 2.75) is 25.7 Å². The van der Waals surface area contributed by atoms with E-state index in [9.17, 15) is 0 Å². The van der Waals surface area contributed by atoms with Gasteiger partial charge in [0.2, 0.25) is 11.7 Å². The van der Waals surface area contributed by atoms with E-state index >= 15 is 0 Å². The molecule has 18 heavy (non-hydrogen) atoms. The van der Waals surface area contributed by atoms with Crippen molar-refractivity contribution in [3.05, 3.63) is 22.7 Å². The first-order valence-corrected chi connectivity index (χ1v) is 7.42. The van der Waals surface area contributed by atoms with E-state index in [0.29, 0.717) is 5.92 Å². The third kappa shape index (κ3) is 2.79. The highest BCUT2D eigenvalue weighted by atomic mass is 32.1. The lowest BCUT2D eigenvalue weighted by Gasteiger charge is -2.09. The molecule has 1 N–H and O–H groups in total. The zero-order valence-electron chi connectivity index (χ0n) is 10.3. The fraction of sp³-hybridized carbons (Fsp3) is 0.538. The van der Waals surface area contributed by atoms with E-state index < -0.39 is 0 Å². The molecule has 1 unspecified atom stereocenters. The van der Waals surface area contributed by atoms with Crippen molar-refractivity contribution in [1.82, 2.24) is 15.5 Å². The first-order chi connectivity index (χ1) is 8.92. The van der Waals surface area contributed by atoms with E-state index in [4.69, 9.17) is 4.52 Å². The molecule has 1 fully saturated rings. The van der Waals surface area contributed by atoms with Gasteiger partial charge < -0.3 is 9.84 Å². The molecular weight excluding hydrogens is 246 g/mol. The molecule has 5 heteroatoms. The van der Waals surface area contributed by atoms with Crippen LogP contribution in [0.15, 0.2) is 21.3 Å². The monoisotopic (exact) mass is 263 g/mol. The second kappa shape index (κ2) is 5.63. The first-order valence-electron chi connectivity index (χ1n) is 6.48. The summed E-state index contributed by atoms with van der Waals surface area (Å²) in [4.78, 5) is 4.49. The zero-order valence-corrected chi connectivity index (χ0v) is 11.1. The van der Waals surface area contributed by atoms with Crippen molar-refractivity contribution >= 4 is 11.3 Å². The molecule has 0 saturated carbocycles. The van der Waals surface area contributed by atoms with Gasteiger partial charge in [-0.1, -0.05) is 5.16 Å². The number of nitrogens with zero attached hydrogens (tertiary/aromatic N) is 2. The molecule has 0 spiro atoms. The van der Waals surface area contributed by atoms with E-state index in [-0.39, 0.29) is 0 Å². The van der Waals surface area contributed by atoms with Crippen LogP contribution in [-0.2, 0) is 6.42 Å². The van der Waals surface area contributed by atoms with Crippen LogP contribution in [0.5, 0.6) is 0 Å². The van der Waals surface area contributed by atoms with Crippen LogP contribution in [0.4, 0.5) is 0 Å². The average Bonchev–Trinajstić information content (AvgIpc) is 2.98. The Bertz CT molecular complexity index is 472. The Balaban J connectivity index is 1.66. The van der Waals surface area contributed by atoms with Gasteiger partial charge in [0.25, 0.3) is 0 Å². The predicted octanol–water partition coefficient (Wildman–Crippen LogP) is 2.73. The molecular formula is C13H17N3OS. The van der Waals surface area contributed by atoms with Gasteiger partial charge in [-0.2, -0.15) is 16.3 Å². The molecule has 1 aliphatic heterocycles. The maximum Gasteiger partial charge on any atom is 0.227 e. The summed E-state index contributed by atoms with van der Waals surface area (Å²) in [5, 5.41) is 11.6. The van der Waals surface area contributed by atoms with Gasteiger partial charge >= 0.3 is 0 Å². The van der Waals surface area contributed by atoms with Gasteiger partial charge in [0.15, 0.2) is 0 Å². The molecule has 3 heterocycles. The van der Waals surface area contributed by atoms with E-state index in [1.54, 1.807) is 11.3 Å². The molecule has 1 atom stereocenters. The summed E-state index contributed by atoms with van der Waals surface area (Å²) in [5.74, 6) is 2.18. The number of rotatable bonds is 3. The van der Waals surface area contributed by atoms with Crippen molar-refractivity contribution in [1.29, 1.82) is 0 Å². The van der Waals surface area contributed by atoms with E-state index in [1.165, 1.54) is 19.3 Å². The highest BCUT2D eigenvalue weighted by Crippen LogP contribution is 2.22. The molecule has 0 radical (unpaired) electrons. The van der Waals surface area contributed by atoms with Crippen molar-refractivity contribution in [3.8, 4) is 11.4 Å². The molecule has 4 nitrogen and oxygen atoms in total. The molecule has 2 aromatic heterocycles. The molecule has 0 bridgehead atoms. The second-order valence-corrected chi connectivity index (χ2v) is 5.55. The third-order valence-electron chi connectivity index (χ3n) is 3.41. The Morgan fingerprint density at radius 1 is 1.39 bits per heavy atom. The maximum atomic E-state index is 5.36. The molecule has 0 aromatic carbocycles. The summed E-state index contributed by atoms with van der Waals surface area (Å²) in [6, 6.07) is 2.02. The Kier molecular flexibility index (Phi) is 3.71. The number of nitrogens with one attached hydrogen (secondary N) is 1. The van der Waals surface area contributed by atoms with Crippen LogP contribution in [0.25, 0.3) is 11.4 Å². The van der Waals surface area contributed by atoms with Crippen molar-refractivity contribution in [2.24, 2.45) is 5.92 Å². The number of aromatic nitrogens is 2. The van der Waals surface area contributed by atoms with Gasteiger partial charge in [-0.25, -0.2) is 0 Å². The van der Waals surface area contributed by atoms with Crippen LogP contribution in [0, 0.1) is 5.92 Å². The molecule has 1 aliphatic rings. The van der Waals surface area contributed by atoms with Crippen molar-refractivity contribution in [2.75, 3.05) is 13.1 Å². The smallest absolute Gasteiger partial charge is 0.227 e. The highest BCUT2D eigenvalue weighted by Gasteiger charge is 2.17. The normalized spacial score (nSPS) is 20.8. The summed E-state index contributed by atoms with van der Waals surface area (Å²) in [6.45, 7) is 2.25. The van der Waals surface area contributed by atoms with Crippen LogP contribution in [0.3, 0.4) is 0 Å². The Morgan fingerprint density at radius 3 is 3.28 bits per heavy atom. The lowest BCUT2D eigenvalue weighted by molar-refractivity contribution is 0.341. The highest BCUT2D eigenvalue weighted by molar-refractivity contribution is 7.08. The van der Waals surface area contributed by atoms with Gasteiger partial charge in [0.05, 0.1) is 0 Å². The first kappa shape index (κ1) is 11.9. The molecule has 0 amide bonds. The van der Waals surface area contributed by atoms with Gasteiger partial charge in [0, 0.05) is 17.4 Å². The molecule has 1 saturated heterocycles. The summed E-state index contributed by atoms with van der Waals surface area (Å²) >= 11 is 1.65. The standard InChI is InChI=1S/C13H17N3OS/c1-2-10(3-6-14-5-1)8-12-15-13(16-17-12)11-4-7-18-9-11/h4,7,9-10,14H,1-3,5-6,8H2. The Labute approximate surface area is 110 Å². The summed E-state index contributed by atoms with van der Waals surface area (Å²) < 4.78 is 5.36. The largest absolute Gasteiger partial charge is 0.339 e. The molecule has 3 rings (SSSR count). The van der Waals surface area contributed by atoms with E-state index in [2.05, 4.69) is 15.5 Å². The van der Waals surface area contributed by atoms with Crippen LogP contribution in [-0.4, -0.2) is 23.2 Å². The van der Waals surface area contributed by atoms with Crippen molar-refractivity contribution < 1.29 is 4.52 Å². The lowest BCUT2D eigenvalue weighted by atomic mass is 9.97. The van der Waals surface area contributed by atoms with Crippen LogP contribution in [0.1, 0.15) is 25.2 Å². The quantitative estimate of drug-likeness (QED) is 0.925. The Morgan fingerprint density at radius 2 is 2.39 bits per heavy atom. The minimum Gasteiger partial charge on any atom is -0.339 e. The summed E-state index contributed by atoms with van der Waals surface area (Å²) in [7, 11) is 0. The molecule has 96 valence electrons. The fourth-order valence-electron chi connectivity index (χ4n) is 2.39. The summed E-state index contributed by atoms with van der Waals surface area (Å²) in [6.07, 6.45) is 4.62. The van der Waals surface area contributed by atoms with Gasteiger partial charge in [0.1, 0.15) is 0 Å². The second-order valence-electron chi connectivity index (χ2n) is 4.77. The minimum absolute atomic E-state index is 0.677. The SMILES string of the molecule is c1cc(-c2noc(CC3CCCNCC3)n2)cs1. The Hall–Kier alpha value is -1.20. The third-order valence-corrected chi connectivity index (χ3v) is 4.09. The zero-order chi connectivity index (χ0) is 12.2. The minimum atomic E-state index is 0.677. The number of hydrogen-bond donors (Lipinski definition) is 1. The van der Waals surface area contributed by atoms with Crippen molar-refractivity contribution in [3.63, 3.8) is 0 Å². The van der Waals surface area contributed by atoms with Gasteiger partial charge in [-0.3, -0.25) is 0 Å².